The van der Waals surface area contributed by atoms with Crippen molar-refractivity contribution in [3.63, 3.8) is 0 Å². The molecule has 0 aromatic heterocycles. The van der Waals surface area contributed by atoms with Crippen molar-refractivity contribution in [2.75, 3.05) is 13.2 Å². The molecule has 2 heterocycles. The average Bonchev–Trinajstić information content (AvgIpc) is 2.69. The molecule has 2 rings (SSSR count). The molecule has 2 bridgehead atoms. The Bertz CT molecular complexity index is 284. The Kier molecular flexibility index (Phi) is 4.62. The number of likely N-dealkylation sites (N-methyl/N-ethyl adjacent to an activating group) is 1. The van der Waals surface area contributed by atoms with Crippen molar-refractivity contribution in [3.05, 3.63) is 0 Å². The van der Waals surface area contributed by atoms with E-state index in [1.54, 1.807) is 0 Å². The summed E-state index contributed by atoms with van der Waals surface area (Å²) in [6.07, 6.45) is 4.95. The molecule has 0 spiro atoms. The van der Waals surface area contributed by atoms with E-state index in [0.717, 1.165) is 6.54 Å². The molecule has 18 heavy (non-hydrogen) atoms. The second kappa shape index (κ2) is 6.02. The maximum absolute atomic E-state index is 11.9. The summed E-state index contributed by atoms with van der Waals surface area (Å²) in [6, 6.07) is 1.75. The van der Waals surface area contributed by atoms with Crippen LogP contribution in [0, 0.1) is 0 Å². The number of esters is 1. The molecule has 2 aliphatic rings. The molecular weight excluding hydrogens is 228 g/mol. The van der Waals surface area contributed by atoms with Crippen molar-refractivity contribution in [2.45, 2.75) is 70.6 Å². The van der Waals surface area contributed by atoms with Gasteiger partial charge in [-0.25, -0.2) is 0 Å². The quantitative estimate of drug-likeness (QED) is 0.756. The van der Waals surface area contributed by atoms with E-state index < -0.39 is 0 Å². The smallest absolute Gasteiger partial charge is 0.323 e. The minimum atomic E-state index is -0.113. The highest BCUT2D eigenvalue weighted by Gasteiger charge is 2.38. The lowest BCUT2D eigenvalue weighted by Crippen LogP contribution is -2.53. The van der Waals surface area contributed by atoms with Gasteiger partial charge in [-0.15, -0.1) is 0 Å². The van der Waals surface area contributed by atoms with Gasteiger partial charge in [0.2, 0.25) is 0 Å². The van der Waals surface area contributed by atoms with Gasteiger partial charge in [0.15, 0.2) is 0 Å². The van der Waals surface area contributed by atoms with E-state index in [0.29, 0.717) is 24.7 Å². The Labute approximate surface area is 110 Å². The number of rotatable bonds is 5. The molecule has 1 N–H and O–H groups in total. The van der Waals surface area contributed by atoms with Crippen molar-refractivity contribution in [2.24, 2.45) is 0 Å². The molecule has 104 valence electrons. The van der Waals surface area contributed by atoms with Crippen molar-refractivity contribution in [1.82, 2.24) is 10.2 Å². The van der Waals surface area contributed by atoms with Gasteiger partial charge in [-0.05, 0) is 46.1 Å². The number of nitrogens with zero attached hydrogens (tertiary/aromatic N) is 1. The fourth-order valence-corrected chi connectivity index (χ4v) is 3.54. The van der Waals surface area contributed by atoms with E-state index in [1.807, 2.05) is 13.8 Å². The van der Waals surface area contributed by atoms with Crippen LogP contribution in [-0.4, -0.2) is 48.2 Å². The van der Waals surface area contributed by atoms with Gasteiger partial charge in [0.05, 0.1) is 6.61 Å². The Hall–Kier alpha value is -0.610. The summed E-state index contributed by atoms with van der Waals surface area (Å²) in [5.74, 6) is -0.0785. The number of hydrogen-bond donors (Lipinski definition) is 1. The highest BCUT2D eigenvalue weighted by Crippen LogP contribution is 2.30. The summed E-state index contributed by atoms with van der Waals surface area (Å²) in [4.78, 5) is 14.2. The minimum absolute atomic E-state index is 0.0785. The van der Waals surface area contributed by atoms with Crippen LogP contribution in [-0.2, 0) is 9.53 Å². The number of hydrogen-bond acceptors (Lipinski definition) is 4. The predicted molar refractivity (Wildman–Crippen MR) is 71.4 cm³/mol. The third-order valence-electron chi connectivity index (χ3n) is 4.41. The zero-order valence-electron chi connectivity index (χ0n) is 11.8. The number of nitrogens with one attached hydrogen (secondary N) is 1. The molecule has 0 radical (unpaired) electrons. The predicted octanol–water partition coefficient (Wildman–Crippen LogP) is 1.54. The first-order valence-electron chi connectivity index (χ1n) is 7.34. The lowest BCUT2D eigenvalue weighted by atomic mass is 9.97. The van der Waals surface area contributed by atoms with Crippen molar-refractivity contribution in [3.8, 4) is 0 Å². The molecule has 4 heteroatoms. The second-order valence-electron chi connectivity index (χ2n) is 5.52. The lowest BCUT2D eigenvalue weighted by Gasteiger charge is -2.39. The molecule has 3 unspecified atom stereocenters. The lowest BCUT2D eigenvalue weighted by molar-refractivity contribution is -0.150. The monoisotopic (exact) mass is 254 g/mol. The molecule has 0 saturated carbocycles. The van der Waals surface area contributed by atoms with Gasteiger partial charge < -0.3 is 10.1 Å². The van der Waals surface area contributed by atoms with Crippen LogP contribution in [0.3, 0.4) is 0 Å². The normalized spacial score (nSPS) is 32.6. The highest BCUT2D eigenvalue weighted by molar-refractivity contribution is 5.75. The van der Waals surface area contributed by atoms with Gasteiger partial charge in [0.25, 0.3) is 0 Å². The van der Waals surface area contributed by atoms with E-state index in [2.05, 4.69) is 17.1 Å². The van der Waals surface area contributed by atoms with Crippen molar-refractivity contribution < 1.29 is 9.53 Å². The molecule has 3 atom stereocenters. The maximum Gasteiger partial charge on any atom is 0.323 e. The molecular formula is C14H26N2O2. The van der Waals surface area contributed by atoms with Gasteiger partial charge in [0.1, 0.15) is 6.04 Å². The summed E-state index contributed by atoms with van der Waals surface area (Å²) in [5.41, 5.74) is 0. The number of piperidine rings is 1. The first-order chi connectivity index (χ1) is 8.65. The standard InChI is InChI=1S/C14H26N2O2/c1-4-16(10(3)14(17)18-5-2)13-8-11-6-7-12(9-13)15-11/h10-13,15H,4-9H2,1-3H3. The van der Waals surface area contributed by atoms with Gasteiger partial charge in [0, 0.05) is 18.1 Å². The van der Waals surface area contributed by atoms with Crippen LogP contribution in [0.15, 0.2) is 0 Å². The van der Waals surface area contributed by atoms with E-state index in [4.69, 9.17) is 4.74 Å². The molecule has 0 aromatic rings. The summed E-state index contributed by atoms with van der Waals surface area (Å²) in [7, 11) is 0. The van der Waals surface area contributed by atoms with Gasteiger partial charge in [-0.3, -0.25) is 9.69 Å². The third-order valence-corrected chi connectivity index (χ3v) is 4.41. The fourth-order valence-electron chi connectivity index (χ4n) is 3.54. The first-order valence-corrected chi connectivity index (χ1v) is 7.34. The SMILES string of the molecule is CCOC(=O)C(C)N(CC)C1CC2CCC(C1)N2. The first kappa shape index (κ1) is 13.8. The molecule has 4 nitrogen and oxygen atoms in total. The second-order valence-corrected chi connectivity index (χ2v) is 5.52. The Morgan fingerprint density at radius 2 is 1.94 bits per heavy atom. The van der Waals surface area contributed by atoms with Crippen LogP contribution in [0.4, 0.5) is 0 Å². The van der Waals surface area contributed by atoms with Gasteiger partial charge >= 0.3 is 5.97 Å². The van der Waals surface area contributed by atoms with E-state index in [1.165, 1.54) is 25.7 Å². The molecule has 0 aromatic carbocycles. The van der Waals surface area contributed by atoms with Gasteiger partial charge in [-0.2, -0.15) is 0 Å². The van der Waals surface area contributed by atoms with Crippen LogP contribution in [0.5, 0.6) is 0 Å². The largest absolute Gasteiger partial charge is 0.465 e. The van der Waals surface area contributed by atoms with Crippen LogP contribution in [0.2, 0.25) is 0 Å². The van der Waals surface area contributed by atoms with Crippen molar-refractivity contribution in [1.29, 1.82) is 0 Å². The Morgan fingerprint density at radius 1 is 1.33 bits per heavy atom. The Balaban J connectivity index is 1.97. The molecule has 2 fully saturated rings. The molecule has 2 saturated heterocycles. The zero-order chi connectivity index (χ0) is 13.1. The maximum atomic E-state index is 11.9. The van der Waals surface area contributed by atoms with E-state index in [9.17, 15) is 4.79 Å². The molecule has 0 aliphatic carbocycles. The summed E-state index contributed by atoms with van der Waals surface area (Å²) in [6.45, 7) is 7.37. The highest BCUT2D eigenvalue weighted by atomic mass is 16.5. The summed E-state index contributed by atoms with van der Waals surface area (Å²) < 4.78 is 5.15. The number of fused-ring (bicyclic) bond motifs is 2. The summed E-state index contributed by atoms with van der Waals surface area (Å²) in [5, 5.41) is 3.65. The number of carbonyl (C=O) groups excluding carboxylic acids is 1. The van der Waals surface area contributed by atoms with Crippen LogP contribution < -0.4 is 5.32 Å². The van der Waals surface area contributed by atoms with E-state index >= 15 is 0 Å². The van der Waals surface area contributed by atoms with E-state index in [-0.39, 0.29) is 12.0 Å². The zero-order valence-corrected chi connectivity index (χ0v) is 11.8. The molecule has 0 amide bonds. The van der Waals surface area contributed by atoms with Crippen LogP contribution in [0.25, 0.3) is 0 Å². The fraction of sp³-hybridized carbons (Fsp3) is 0.929. The van der Waals surface area contributed by atoms with Crippen LogP contribution >= 0.6 is 0 Å². The number of carbonyl (C=O) groups is 1. The van der Waals surface area contributed by atoms with Crippen molar-refractivity contribution >= 4 is 5.97 Å². The minimum Gasteiger partial charge on any atom is -0.465 e. The third kappa shape index (κ3) is 2.86. The summed E-state index contributed by atoms with van der Waals surface area (Å²) >= 11 is 0. The number of ether oxygens (including phenoxy) is 1. The average molecular weight is 254 g/mol. The Morgan fingerprint density at radius 3 is 2.44 bits per heavy atom. The van der Waals surface area contributed by atoms with Crippen LogP contribution in [0.1, 0.15) is 46.5 Å². The molecule has 2 aliphatic heterocycles. The van der Waals surface area contributed by atoms with Gasteiger partial charge in [-0.1, -0.05) is 6.92 Å². The topological polar surface area (TPSA) is 41.6 Å².